The van der Waals surface area contributed by atoms with Crippen molar-refractivity contribution in [1.82, 2.24) is 10.6 Å². The Morgan fingerprint density at radius 3 is 1.53 bits per heavy atom. The molecule has 0 aromatic rings. The van der Waals surface area contributed by atoms with E-state index in [1.165, 1.54) is 25.7 Å². The molecule has 0 aliphatic carbocycles. The van der Waals surface area contributed by atoms with E-state index in [1.807, 2.05) is 0 Å². The maximum absolute atomic E-state index is 11.9. The summed E-state index contributed by atoms with van der Waals surface area (Å²) >= 11 is 0. The molecule has 0 saturated heterocycles. The predicted molar refractivity (Wildman–Crippen MR) is 159 cm³/mol. The van der Waals surface area contributed by atoms with E-state index in [9.17, 15) is 24.0 Å². The highest BCUT2D eigenvalue weighted by molar-refractivity contribution is 5.83. The second-order valence-corrected chi connectivity index (χ2v) is 10.2. The highest BCUT2D eigenvalue weighted by atomic mass is 16.6. The van der Waals surface area contributed by atoms with Crippen molar-refractivity contribution in [2.24, 2.45) is 0 Å². The van der Waals surface area contributed by atoms with Crippen molar-refractivity contribution in [3.8, 4) is 0 Å². The van der Waals surface area contributed by atoms with Crippen LogP contribution in [-0.4, -0.2) is 106 Å². The average molecular weight is 619 g/mol. The number of carboxylic acid groups (broad SMARTS) is 2. The van der Waals surface area contributed by atoms with Gasteiger partial charge in [-0.3, -0.25) is 14.4 Å². The average Bonchev–Trinajstić information content (AvgIpc) is 2.97. The molecule has 1 atom stereocenters. The molecule has 0 aliphatic rings. The molecule has 0 rings (SSSR count). The first kappa shape index (κ1) is 40.4. The van der Waals surface area contributed by atoms with Crippen molar-refractivity contribution in [1.29, 1.82) is 0 Å². The van der Waals surface area contributed by atoms with Crippen LogP contribution < -0.4 is 10.6 Å². The Balaban J connectivity index is 3.33. The molecule has 0 saturated carbocycles. The molecule has 43 heavy (non-hydrogen) atoms. The normalized spacial score (nSPS) is 11.6. The number of carboxylic acids is 2. The number of aliphatic carboxylic acids is 2. The number of amides is 2. The SMILES string of the molecule is O=CCC[C@H](NC(=O)CCOCCOCCOCCOCCNC(=O)CCCCCCCCCCCCC(=O)O)C(=O)O. The molecule has 0 aromatic heterocycles. The van der Waals surface area contributed by atoms with Gasteiger partial charge in [0.05, 0.1) is 52.9 Å². The van der Waals surface area contributed by atoms with Crippen LogP contribution >= 0.6 is 0 Å². The van der Waals surface area contributed by atoms with E-state index in [2.05, 4.69) is 10.6 Å². The van der Waals surface area contributed by atoms with Gasteiger partial charge in [0.1, 0.15) is 12.3 Å². The first-order chi connectivity index (χ1) is 20.9. The van der Waals surface area contributed by atoms with Gasteiger partial charge in [0.2, 0.25) is 11.8 Å². The fourth-order valence-electron chi connectivity index (χ4n) is 4.01. The smallest absolute Gasteiger partial charge is 0.326 e. The Bertz CT molecular complexity index is 737. The second-order valence-electron chi connectivity index (χ2n) is 10.2. The summed E-state index contributed by atoms with van der Waals surface area (Å²) in [6.45, 7) is 3.25. The van der Waals surface area contributed by atoms with Gasteiger partial charge in [-0.15, -0.1) is 0 Å². The van der Waals surface area contributed by atoms with Gasteiger partial charge >= 0.3 is 11.9 Å². The summed E-state index contributed by atoms with van der Waals surface area (Å²) in [6, 6.07) is -1.08. The van der Waals surface area contributed by atoms with Crippen LogP contribution in [0.2, 0.25) is 0 Å². The van der Waals surface area contributed by atoms with E-state index in [-0.39, 0.29) is 44.8 Å². The summed E-state index contributed by atoms with van der Waals surface area (Å²) in [7, 11) is 0. The van der Waals surface area contributed by atoms with Crippen molar-refractivity contribution >= 4 is 30.0 Å². The number of ether oxygens (including phenoxy) is 4. The monoisotopic (exact) mass is 618 g/mol. The third-order valence-electron chi connectivity index (χ3n) is 6.41. The summed E-state index contributed by atoms with van der Waals surface area (Å²) in [4.78, 5) is 55.5. The molecular weight excluding hydrogens is 564 g/mol. The number of nitrogens with one attached hydrogen (secondary N) is 2. The van der Waals surface area contributed by atoms with E-state index in [1.54, 1.807) is 0 Å². The van der Waals surface area contributed by atoms with E-state index < -0.39 is 23.9 Å². The van der Waals surface area contributed by atoms with Gasteiger partial charge in [0.15, 0.2) is 0 Å². The predicted octanol–water partition coefficient (Wildman–Crippen LogP) is 2.87. The van der Waals surface area contributed by atoms with Crippen LogP contribution in [0.3, 0.4) is 0 Å². The highest BCUT2D eigenvalue weighted by Gasteiger charge is 2.19. The lowest BCUT2D eigenvalue weighted by atomic mass is 10.1. The maximum Gasteiger partial charge on any atom is 0.326 e. The molecule has 0 radical (unpaired) electrons. The lowest BCUT2D eigenvalue weighted by Gasteiger charge is -2.13. The molecule has 0 spiro atoms. The van der Waals surface area contributed by atoms with Crippen LogP contribution in [0.5, 0.6) is 0 Å². The van der Waals surface area contributed by atoms with Crippen LogP contribution in [0.25, 0.3) is 0 Å². The molecule has 0 aromatic carbocycles. The maximum atomic E-state index is 11.9. The lowest BCUT2D eigenvalue weighted by Crippen LogP contribution is -2.41. The molecule has 0 aliphatic heterocycles. The largest absolute Gasteiger partial charge is 0.481 e. The van der Waals surface area contributed by atoms with E-state index in [0.29, 0.717) is 58.9 Å². The summed E-state index contributed by atoms with van der Waals surface area (Å²) in [5, 5.41) is 22.8. The van der Waals surface area contributed by atoms with Crippen molar-refractivity contribution in [3.63, 3.8) is 0 Å². The zero-order valence-electron chi connectivity index (χ0n) is 25.7. The van der Waals surface area contributed by atoms with Gasteiger partial charge in [-0.2, -0.15) is 0 Å². The number of hydrogen-bond donors (Lipinski definition) is 4. The van der Waals surface area contributed by atoms with Gasteiger partial charge < -0.3 is 44.6 Å². The molecule has 4 N–H and O–H groups in total. The van der Waals surface area contributed by atoms with Crippen LogP contribution in [0.15, 0.2) is 0 Å². The third-order valence-corrected chi connectivity index (χ3v) is 6.41. The van der Waals surface area contributed by atoms with Crippen LogP contribution in [0.4, 0.5) is 0 Å². The summed E-state index contributed by atoms with van der Waals surface area (Å²) in [5.41, 5.74) is 0. The van der Waals surface area contributed by atoms with Crippen molar-refractivity contribution in [2.45, 2.75) is 102 Å². The minimum absolute atomic E-state index is 0.0141. The Labute approximate surface area is 255 Å². The van der Waals surface area contributed by atoms with Crippen molar-refractivity contribution in [3.05, 3.63) is 0 Å². The first-order valence-electron chi connectivity index (χ1n) is 15.6. The number of carbonyl (C=O) groups excluding carboxylic acids is 3. The van der Waals surface area contributed by atoms with E-state index in [4.69, 9.17) is 29.2 Å². The van der Waals surface area contributed by atoms with Gasteiger partial charge in [-0.1, -0.05) is 51.4 Å². The first-order valence-corrected chi connectivity index (χ1v) is 15.6. The topological polar surface area (TPSA) is 187 Å². The molecular formula is C30H54N2O11. The zero-order valence-corrected chi connectivity index (χ0v) is 25.7. The minimum atomic E-state index is -1.18. The highest BCUT2D eigenvalue weighted by Crippen LogP contribution is 2.12. The standard InChI is InChI=1S/C30H54N2O11/c33-17-11-12-26(30(38)39)32-28(35)15-18-40-20-22-42-24-25-43-23-21-41-19-16-31-27(34)13-9-7-5-3-1-2-4-6-8-10-14-29(36)37/h17,26H,1-16,18-25H2,(H,31,34)(H,32,35)(H,36,37)(H,38,39)/t26-/m0/s1. The van der Waals surface area contributed by atoms with Crippen LogP contribution in [0.1, 0.15) is 96.3 Å². The number of aldehydes is 1. The Kier molecular flexibility index (Phi) is 29.0. The Morgan fingerprint density at radius 1 is 0.581 bits per heavy atom. The number of rotatable bonds is 33. The fraction of sp³-hybridized carbons (Fsp3) is 0.833. The van der Waals surface area contributed by atoms with Crippen LogP contribution in [0, 0.1) is 0 Å². The molecule has 0 heterocycles. The van der Waals surface area contributed by atoms with Gasteiger partial charge in [-0.25, -0.2) is 4.79 Å². The molecule has 13 heteroatoms. The fourth-order valence-corrected chi connectivity index (χ4v) is 4.01. The number of unbranched alkanes of at least 4 members (excludes halogenated alkanes) is 9. The van der Waals surface area contributed by atoms with Gasteiger partial charge in [0, 0.05) is 32.2 Å². The van der Waals surface area contributed by atoms with Crippen molar-refractivity contribution < 1.29 is 53.1 Å². The van der Waals surface area contributed by atoms with Gasteiger partial charge in [0.25, 0.3) is 0 Å². The lowest BCUT2D eigenvalue weighted by molar-refractivity contribution is -0.142. The number of hydrogen-bond acceptors (Lipinski definition) is 9. The molecule has 2 amide bonds. The van der Waals surface area contributed by atoms with Crippen molar-refractivity contribution in [2.75, 3.05) is 59.4 Å². The third kappa shape index (κ3) is 30.6. The number of carbonyl (C=O) groups is 5. The Hall–Kier alpha value is -2.61. The molecule has 0 unspecified atom stereocenters. The summed E-state index contributed by atoms with van der Waals surface area (Å²) in [5.74, 6) is -2.30. The van der Waals surface area contributed by atoms with Gasteiger partial charge in [-0.05, 0) is 19.3 Å². The molecule has 0 bridgehead atoms. The quantitative estimate of drug-likeness (QED) is 0.0626. The van der Waals surface area contributed by atoms with E-state index >= 15 is 0 Å². The zero-order chi connectivity index (χ0) is 31.8. The Morgan fingerprint density at radius 2 is 1.05 bits per heavy atom. The molecule has 250 valence electrons. The van der Waals surface area contributed by atoms with E-state index in [0.717, 1.165) is 38.5 Å². The second kappa shape index (κ2) is 30.8. The minimum Gasteiger partial charge on any atom is -0.481 e. The summed E-state index contributed by atoms with van der Waals surface area (Å²) in [6.07, 6.45) is 12.2. The molecule has 13 nitrogen and oxygen atoms in total. The summed E-state index contributed by atoms with van der Waals surface area (Å²) < 4.78 is 21.5. The van der Waals surface area contributed by atoms with Crippen LogP contribution in [-0.2, 0) is 42.9 Å². The molecule has 0 fully saturated rings.